The lowest BCUT2D eigenvalue weighted by Crippen LogP contribution is -2.36. The van der Waals surface area contributed by atoms with Crippen molar-refractivity contribution >= 4 is 22.7 Å². The molecule has 0 spiro atoms. The highest BCUT2D eigenvalue weighted by Crippen LogP contribution is 2.28. The molecule has 0 fully saturated rings. The highest BCUT2D eigenvalue weighted by Gasteiger charge is 2.24. The van der Waals surface area contributed by atoms with Crippen LogP contribution in [-0.4, -0.2) is 26.6 Å². The Morgan fingerprint density at radius 1 is 1.19 bits per heavy atom. The third-order valence-corrected chi connectivity index (χ3v) is 4.30. The Morgan fingerprint density at radius 2 is 1.86 bits per heavy atom. The van der Waals surface area contributed by atoms with Gasteiger partial charge in [0.25, 0.3) is 0 Å². The minimum absolute atomic E-state index is 0.00670. The minimum atomic E-state index is -0.949. The topological polar surface area (TPSA) is 75.1 Å². The average molecular weight is 287 g/mol. The Bertz CT molecular complexity index is 643. The van der Waals surface area contributed by atoms with Crippen LogP contribution < -0.4 is 5.32 Å². The molecule has 5 nitrogen and oxygen atoms in total. The summed E-state index contributed by atoms with van der Waals surface area (Å²) in [6, 6.07) is 4.94. The van der Waals surface area contributed by atoms with Crippen LogP contribution in [-0.2, 0) is 0 Å². The van der Waals surface area contributed by atoms with Crippen molar-refractivity contribution in [2.75, 3.05) is 5.32 Å². The molecule has 0 aliphatic carbocycles. The molecule has 0 amide bonds. The smallest absolute Gasteiger partial charge is 0.335 e. The molecule has 0 atom stereocenters. The number of rotatable bonds is 6. The van der Waals surface area contributed by atoms with E-state index in [1.807, 2.05) is 0 Å². The first-order valence-corrected chi connectivity index (χ1v) is 7.31. The lowest BCUT2D eigenvalue weighted by Gasteiger charge is -2.32. The standard InChI is InChI=1S/C16H21N3O2/c1-4-16(5-2,6-3)19-14-12-8-7-11(15(20)21)9-13(12)17-10-18-14/h7-10H,4-6H2,1-3H3,(H,20,21)(H,17,18,19). The van der Waals surface area contributed by atoms with Gasteiger partial charge in [-0.25, -0.2) is 14.8 Å². The van der Waals surface area contributed by atoms with Crippen LogP contribution in [0.4, 0.5) is 5.82 Å². The molecule has 21 heavy (non-hydrogen) atoms. The van der Waals surface area contributed by atoms with Gasteiger partial charge in [0, 0.05) is 10.9 Å². The summed E-state index contributed by atoms with van der Waals surface area (Å²) >= 11 is 0. The molecule has 0 bridgehead atoms. The van der Waals surface area contributed by atoms with Crippen LogP contribution in [0.2, 0.25) is 0 Å². The first-order chi connectivity index (χ1) is 10.0. The molecule has 0 unspecified atom stereocenters. The Kier molecular flexibility index (Phi) is 4.40. The molecule has 112 valence electrons. The highest BCUT2D eigenvalue weighted by atomic mass is 16.4. The van der Waals surface area contributed by atoms with E-state index in [2.05, 4.69) is 36.1 Å². The van der Waals surface area contributed by atoms with Gasteiger partial charge in [0.15, 0.2) is 0 Å². The van der Waals surface area contributed by atoms with E-state index in [4.69, 9.17) is 5.11 Å². The average Bonchev–Trinajstić information content (AvgIpc) is 2.52. The molecule has 1 aromatic carbocycles. The van der Waals surface area contributed by atoms with Crippen molar-refractivity contribution in [3.05, 3.63) is 30.1 Å². The van der Waals surface area contributed by atoms with E-state index < -0.39 is 5.97 Å². The number of fused-ring (bicyclic) bond motifs is 1. The maximum absolute atomic E-state index is 11.0. The number of aromatic nitrogens is 2. The van der Waals surface area contributed by atoms with Crippen molar-refractivity contribution in [3.63, 3.8) is 0 Å². The van der Waals surface area contributed by atoms with Crippen molar-refractivity contribution in [1.29, 1.82) is 0 Å². The van der Waals surface area contributed by atoms with Gasteiger partial charge in [-0.2, -0.15) is 0 Å². The number of benzene rings is 1. The SMILES string of the molecule is CCC(CC)(CC)Nc1ncnc2cc(C(=O)O)ccc12. The molecule has 2 rings (SSSR count). The van der Waals surface area contributed by atoms with Gasteiger partial charge in [0.2, 0.25) is 0 Å². The number of aromatic carboxylic acids is 1. The van der Waals surface area contributed by atoms with Crippen molar-refractivity contribution < 1.29 is 9.90 Å². The fourth-order valence-corrected chi connectivity index (χ4v) is 2.56. The largest absolute Gasteiger partial charge is 0.478 e. The van der Waals surface area contributed by atoms with Crippen LogP contribution in [0.3, 0.4) is 0 Å². The molecule has 0 aliphatic rings. The quantitative estimate of drug-likeness (QED) is 0.847. The van der Waals surface area contributed by atoms with Crippen LogP contribution in [0.15, 0.2) is 24.5 Å². The van der Waals surface area contributed by atoms with Crippen molar-refractivity contribution in [3.8, 4) is 0 Å². The lowest BCUT2D eigenvalue weighted by atomic mass is 9.89. The van der Waals surface area contributed by atoms with Crippen molar-refractivity contribution in [1.82, 2.24) is 9.97 Å². The van der Waals surface area contributed by atoms with Crippen molar-refractivity contribution in [2.45, 2.75) is 45.6 Å². The monoisotopic (exact) mass is 287 g/mol. The molecular formula is C16H21N3O2. The van der Waals surface area contributed by atoms with Crippen molar-refractivity contribution in [2.24, 2.45) is 0 Å². The van der Waals surface area contributed by atoms with E-state index in [0.29, 0.717) is 5.52 Å². The van der Waals surface area contributed by atoms with Gasteiger partial charge in [-0.05, 0) is 37.5 Å². The summed E-state index contributed by atoms with van der Waals surface area (Å²) < 4.78 is 0. The van der Waals surface area contributed by atoms with Gasteiger partial charge in [0.05, 0.1) is 11.1 Å². The molecule has 0 saturated carbocycles. The fourth-order valence-electron chi connectivity index (χ4n) is 2.56. The Hall–Kier alpha value is -2.17. The number of anilines is 1. The van der Waals surface area contributed by atoms with Gasteiger partial charge in [0.1, 0.15) is 12.1 Å². The summed E-state index contributed by atoms with van der Waals surface area (Å²) in [7, 11) is 0. The number of carbonyl (C=O) groups is 1. The van der Waals surface area contributed by atoms with E-state index in [1.54, 1.807) is 18.2 Å². The van der Waals surface area contributed by atoms with E-state index in [9.17, 15) is 4.79 Å². The minimum Gasteiger partial charge on any atom is -0.478 e. The maximum Gasteiger partial charge on any atom is 0.335 e. The molecule has 5 heteroatoms. The second-order valence-corrected chi connectivity index (χ2v) is 5.23. The van der Waals surface area contributed by atoms with Crippen LogP contribution in [0, 0.1) is 0 Å². The number of hydrogen-bond donors (Lipinski definition) is 2. The number of carboxylic acids is 1. The Balaban J connectivity index is 2.48. The van der Waals surface area contributed by atoms with Gasteiger partial charge >= 0.3 is 5.97 Å². The van der Waals surface area contributed by atoms with Crippen LogP contribution >= 0.6 is 0 Å². The van der Waals surface area contributed by atoms with Gasteiger partial charge in [-0.1, -0.05) is 20.8 Å². The molecule has 0 saturated heterocycles. The first-order valence-electron chi connectivity index (χ1n) is 7.31. The van der Waals surface area contributed by atoms with E-state index >= 15 is 0 Å². The summed E-state index contributed by atoms with van der Waals surface area (Å²) in [5, 5.41) is 13.4. The number of hydrogen-bond acceptors (Lipinski definition) is 4. The third kappa shape index (κ3) is 2.96. The zero-order valence-electron chi connectivity index (χ0n) is 12.7. The summed E-state index contributed by atoms with van der Waals surface area (Å²) in [5.41, 5.74) is 0.886. The number of nitrogens with zero attached hydrogens (tertiary/aromatic N) is 2. The van der Waals surface area contributed by atoms with Crippen LogP contribution in [0.1, 0.15) is 50.4 Å². The van der Waals surface area contributed by atoms with Crippen LogP contribution in [0.5, 0.6) is 0 Å². The van der Waals surface area contributed by atoms with E-state index in [1.165, 1.54) is 6.33 Å². The van der Waals surface area contributed by atoms with Gasteiger partial charge in [-0.15, -0.1) is 0 Å². The molecular weight excluding hydrogens is 266 g/mol. The first kappa shape index (κ1) is 15.2. The van der Waals surface area contributed by atoms with Crippen LogP contribution in [0.25, 0.3) is 10.9 Å². The summed E-state index contributed by atoms with van der Waals surface area (Å²) in [6.07, 6.45) is 4.47. The normalized spacial score (nSPS) is 11.6. The number of nitrogens with one attached hydrogen (secondary N) is 1. The van der Waals surface area contributed by atoms with Gasteiger partial charge < -0.3 is 10.4 Å². The predicted molar refractivity (Wildman–Crippen MR) is 83.7 cm³/mol. The van der Waals surface area contributed by atoms with E-state index in [0.717, 1.165) is 30.5 Å². The van der Waals surface area contributed by atoms with Gasteiger partial charge in [-0.3, -0.25) is 0 Å². The molecule has 1 aromatic heterocycles. The second kappa shape index (κ2) is 6.08. The fraction of sp³-hybridized carbons (Fsp3) is 0.438. The zero-order chi connectivity index (χ0) is 15.5. The summed E-state index contributed by atoms with van der Waals surface area (Å²) in [6.45, 7) is 6.48. The summed E-state index contributed by atoms with van der Waals surface area (Å²) in [4.78, 5) is 19.6. The summed E-state index contributed by atoms with van der Waals surface area (Å²) in [5.74, 6) is -0.183. The lowest BCUT2D eigenvalue weighted by molar-refractivity contribution is 0.0697. The number of carboxylic acid groups (broad SMARTS) is 1. The Morgan fingerprint density at radius 3 is 2.43 bits per heavy atom. The predicted octanol–water partition coefficient (Wildman–Crippen LogP) is 3.71. The highest BCUT2D eigenvalue weighted by molar-refractivity contribution is 5.96. The maximum atomic E-state index is 11.0. The molecule has 0 radical (unpaired) electrons. The second-order valence-electron chi connectivity index (χ2n) is 5.23. The molecule has 0 aliphatic heterocycles. The Labute approximate surface area is 124 Å². The molecule has 2 aromatic rings. The molecule has 1 heterocycles. The zero-order valence-corrected chi connectivity index (χ0v) is 12.7. The third-order valence-electron chi connectivity index (χ3n) is 4.30. The molecule has 2 N–H and O–H groups in total. The van der Waals surface area contributed by atoms with E-state index in [-0.39, 0.29) is 11.1 Å².